The molecule has 0 aromatic rings. The first-order valence-electron chi connectivity index (χ1n) is 3.43. The van der Waals surface area contributed by atoms with E-state index in [1.165, 1.54) is 25.7 Å². The Bertz CT molecular complexity index is 62.8. The zero-order valence-corrected chi connectivity index (χ0v) is 6.95. The van der Waals surface area contributed by atoms with E-state index in [0.29, 0.717) is 0 Å². The highest BCUT2D eigenvalue weighted by Gasteiger charge is 2.14. The lowest BCUT2D eigenvalue weighted by Crippen LogP contribution is -2.11. The fraction of sp³-hybridized carbons (Fsp3) is 1.00. The molecule has 0 unspecified atom stereocenters. The maximum absolute atomic E-state index is 3.63. The van der Waals surface area contributed by atoms with Crippen molar-refractivity contribution in [1.29, 1.82) is 0 Å². The number of rotatable bonds is 0. The van der Waals surface area contributed by atoms with E-state index in [9.17, 15) is 0 Å². The second-order valence-electron chi connectivity index (χ2n) is 2.87. The molecule has 0 radical (unpaired) electrons. The van der Waals surface area contributed by atoms with Crippen molar-refractivity contribution in [1.82, 2.24) is 0 Å². The SMILES string of the molecule is C[C@@H]1CCC[C@H](Br)C1. The Hall–Kier alpha value is 0.480. The van der Waals surface area contributed by atoms with E-state index in [1.807, 2.05) is 0 Å². The summed E-state index contributed by atoms with van der Waals surface area (Å²) in [6, 6.07) is 0. The third kappa shape index (κ3) is 1.77. The Morgan fingerprint density at radius 3 is 2.50 bits per heavy atom. The number of alkyl halides is 1. The lowest BCUT2D eigenvalue weighted by molar-refractivity contribution is 0.398. The van der Waals surface area contributed by atoms with Crippen LogP contribution in [-0.4, -0.2) is 4.83 Å². The molecule has 0 nitrogen and oxygen atoms in total. The molecule has 0 aliphatic heterocycles. The maximum atomic E-state index is 3.63. The molecule has 1 aliphatic carbocycles. The van der Waals surface area contributed by atoms with Gasteiger partial charge in [0.05, 0.1) is 0 Å². The van der Waals surface area contributed by atoms with Crippen LogP contribution < -0.4 is 0 Å². The van der Waals surface area contributed by atoms with Crippen molar-refractivity contribution in [2.75, 3.05) is 0 Å². The molecule has 1 heteroatoms. The molecular weight excluding hydrogens is 164 g/mol. The first-order chi connectivity index (χ1) is 3.79. The van der Waals surface area contributed by atoms with E-state index in [0.717, 1.165) is 10.7 Å². The van der Waals surface area contributed by atoms with Crippen molar-refractivity contribution in [2.24, 2.45) is 5.92 Å². The van der Waals surface area contributed by atoms with Gasteiger partial charge < -0.3 is 0 Å². The van der Waals surface area contributed by atoms with Gasteiger partial charge >= 0.3 is 0 Å². The Morgan fingerprint density at radius 2 is 2.12 bits per heavy atom. The van der Waals surface area contributed by atoms with Crippen LogP contribution in [0.3, 0.4) is 0 Å². The van der Waals surface area contributed by atoms with Crippen LogP contribution in [0.1, 0.15) is 32.6 Å². The van der Waals surface area contributed by atoms with Crippen LogP contribution in [0.25, 0.3) is 0 Å². The molecular formula is C7H13Br. The molecule has 0 spiro atoms. The van der Waals surface area contributed by atoms with E-state index in [2.05, 4.69) is 22.9 Å². The molecule has 2 atom stereocenters. The minimum Gasteiger partial charge on any atom is -0.0891 e. The topological polar surface area (TPSA) is 0 Å². The number of hydrogen-bond acceptors (Lipinski definition) is 0. The van der Waals surface area contributed by atoms with Gasteiger partial charge in [-0.25, -0.2) is 0 Å². The lowest BCUT2D eigenvalue weighted by atomic mass is 9.91. The highest BCUT2D eigenvalue weighted by molar-refractivity contribution is 9.09. The van der Waals surface area contributed by atoms with Gasteiger partial charge in [0.2, 0.25) is 0 Å². The number of halogens is 1. The zero-order valence-electron chi connectivity index (χ0n) is 5.36. The molecule has 1 saturated carbocycles. The minimum atomic E-state index is 0.825. The van der Waals surface area contributed by atoms with E-state index < -0.39 is 0 Å². The lowest BCUT2D eigenvalue weighted by Gasteiger charge is -2.21. The molecule has 0 saturated heterocycles. The van der Waals surface area contributed by atoms with Crippen LogP contribution >= 0.6 is 15.9 Å². The summed E-state index contributed by atoms with van der Waals surface area (Å²) in [6.07, 6.45) is 5.66. The summed E-state index contributed by atoms with van der Waals surface area (Å²) in [5.41, 5.74) is 0. The quantitative estimate of drug-likeness (QED) is 0.499. The fourth-order valence-corrected chi connectivity index (χ4v) is 2.32. The first-order valence-corrected chi connectivity index (χ1v) is 4.34. The van der Waals surface area contributed by atoms with Gasteiger partial charge in [-0.3, -0.25) is 0 Å². The van der Waals surface area contributed by atoms with Crippen molar-refractivity contribution in [3.63, 3.8) is 0 Å². The van der Waals surface area contributed by atoms with E-state index in [4.69, 9.17) is 0 Å². The molecule has 0 bridgehead atoms. The molecule has 8 heavy (non-hydrogen) atoms. The van der Waals surface area contributed by atoms with Crippen LogP contribution in [0.5, 0.6) is 0 Å². The van der Waals surface area contributed by atoms with Gasteiger partial charge in [0.15, 0.2) is 0 Å². The van der Waals surface area contributed by atoms with Gasteiger partial charge in [-0.1, -0.05) is 35.7 Å². The highest BCUT2D eigenvalue weighted by Crippen LogP contribution is 2.27. The molecule has 0 aromatic carbocycles. The minimum absolute atomic E-state index is 0.825. The first kappa shape index (κ1) is 6.60. The van der Waals surface area contributed by atoms with Crippen molar-refractivity contribution in [3.8, 4) is 0 Å². The normalized spacial score (nSPS) is 39.8. The maximum Gasteiger partial charge on any atom is 0.0148 e. The van der Waals surface area contributed by atoms with Gasteiger partial charge in [0, 0.05) is 4.83 Å². The Morgan fingerprint density at radius 1 is 1.38 bits per heavy atom. The van der Waals surface area contributed by atoms with Crippen LogP contribution in [0.15, 0.2) is 0 Å². The zero-order chi connectivity index (χ0) is 5.98. The monoisotopic (exact) mass is 176 g/mol. The fourth-order valence-electron chi connectivity index (χ4n) is 1.36. The average molecular weight is 177 g/mol. The molecule has 48 valence electrons. The van der Waals surface area contributed by atoms with Gasteiger partial charge in [0.1, 0.15) is 0 Å². The summed E-state index contributed by atoms with van der Waals surface area (Å²) in [6.45, 7) is 2.34. The number of hydrogen-bond donors (Lipinski definition) is 0. The van der Waals surface area contributed by atoms with Gasteiger partial charge in [-0.2, -0.15) is 0 Å². The molecule has 0 N–H and O–H groups in total. The smallest absolute Gasteiger partial charge is 0.0148 e. The second-order valence-corrected chi connectivity index (χ2v) is 4.16. The van der Waals surface area contributed by atoms with E-state index in [-0.39, 0.29) is 0 Å². The van der Waals surface area contributed by atoms with Crippen LogP contribution in [0.2, 0.25) is 0 Å². The van der Waals surface area contributed by atoms with Crippen molar-refractivity contribution < 1.29 is 0 Å². The standard InChI is InChI=1S/C7H13Br/c1-6-3-2-4-7(8)5-6/h6-7H,2-5H2,1H3/t6-,7+/m1/s1. The van der Waals surface area contributed by atoms with Gasteiger partial charge in [-0.15, -0.1) is 0 Å². The summed E-state index contributed by atoms with van der Waals surface area (Å²) < 4.78 is 0. The van der Waals surface area contributed by atoms with Gasteiger partial charge in [-0.05, 0) is 18.8 Å². The molecule has 0 aromatic heterocycles. The molecule has 1 rings (SSSR count). The summed E-state index contributed by atoms with van der Waals surface area (Å²) in [4.78, 5) is 0.825. The van der Waals surface area contributed by atoms with Crippen LogP contribution in [0, 0.1) is 5.92 Å². The summed E-state index contributed by atoms with van der Waals surface area (Å²) in [5, 5.41) is 0. The van der Waals surface area contributed by atoms with Crippen molar-refractivity contribution in [2.45, 2.75) is 37.4 Å². The summed E-state index contributed by atoms with van der Waals surface area (Å²) in [5.74, 6) is 0.966. The third-order valence-corrected chi connectivity index (χ3v) is 2.70. The molecule has 0 amide bonds. The summed E-state index contributed by atoms with van der Waals surface area (Å²) in [7, 11) is 0. The van der Waals surface area contributed by atoms with Crippen LogP contribution in [0.4, 0.5) is 0 Å². The molecule has 0 heterocycles. The van der Waals surface area contributed by atoms with Crippen LogP contribution in [-0.2, 0) is 0 Å². The van der Waals surface area contributed by atoms with Crippen molar-refractivity contribution in [3.05, 3.63) is 0 Å². The molecule has 1 aliphatic rings. The molecule has 1 fully saturated rings. The third-order valence-electron chi connectivity index (χ3n) is 1.87. The largest absolute Gasteiger partial charge is 0.0891 e. The average Bonchev–Trinajstić information content (AvgIpc) is 1.64. The van der Waals surface area contributed by atoms with Crippen molar-refractivity contribution >= 4 is 15.9 Å². The summed E-state index contributed by atoms with van der Waals surface area (Å²) >= 11 is 3.63. The predicted octanol–water partition coefficient (Wildman–Crippen LogP) is 2.96. The van der Waals surface area contributed by atoms with Gasteiger partial charge in [0.25, 0.3) is 0 Å². The Labute approximate surface area is 59.8 Å². The Balaban J connectivity index is 2.23. The van der Waals surface area contributed by atoms with E-state index in [1.54, 1.807) is 0 Å². The Kier molecular flexibility index (Phi) is 2.36. The highest BCUT2D eigenvalue weighted by atomic mass is 79.9. The second kappa shape index (κ2) is 2.86. The predicted molar refractivity (Wildman–Crippen MR) is 40.3 cm³/mol. The van der Waals surface area contributed by atoms with E-state index >= 15 is 0 Å².